The number of nitrogens with one attached hydrogen (secondary N) is 1. The summed E-state index contributed by atoms with van der Waals surface area (Å²) in [5.74, 6) is 0.756. The van der Waals surface area contributed by atoms with Crippen LogP contribution in [0.5, 0.6) is 5.75 Å². The Morgan fingerprint density at radius 1 is 1.26 bits per heavy atom. The summed E-state index contributed by atoms with van der Waals surface area (Å²) in [4.78, 5) is 0. The van der Waals surface area contributed by atoms with E-state index >= 15 is 0 Å². The Kier molecular flexibility index (Phi) is 6.84. The molecule has 2 N–H and O–H groups in total. The van der Waals surface area contributed by atoms with Crippen molar-refractivity contribution in [2.24, 2.45) is 0 Å². The summed E-state index contributed by atoms with van der Waals surface area (Å²) in [5.41, 5.74) is -0.0587. The van der Waals surface area contributed by atoms with Gasteiger partial charge >= 0.3 is 0 Å². The van der Waals surface area contributed by atoms with Gasteiger partial charge in [0.2, 0.25) is 0 Å². The van der Waals surface area contributed by atoms with Crippen LogP contribution in [-0.2, 0) is 10.3 Å². The summed E-state index contributed by atoms with van der Waals surface area (Å²) in [6, 6.07) is 7.65. The Balaban J connectivity index is 2.60. The van der Waals surface area contributed by atoms with Gasteiger partial charge in [-0.05, 0) is 32.9 Å². The Hall–Kier alpha value is -1.10. The molecule has 0 aliphatic heterocycles. The topological polar surface area (TPSA) is 50.7 Å². The highest BCUT2D eigenvalue weighted by molar-refractivity contribution is 5.37. The number of benzene rings is 1. The molecule has 1 aromatic rings. The van der Waals surface area contributed by atoms with Crippen LogP contribution in [0.4, 0.5) is 0 Å². The van der Waals surface area contributed by atoms with Crippen LogP contribution in [0, 0.1) is 0 Å². The molecule has 19 heavy (non-hydrogen) atoms. The fraction of sp³-hybridized carbons (Fsp3) is 0.600. The van der Waals surface area contributed by atoms with E-state index in [4.69, 9.17) is 9.47 Å². The average molecular weight is 267 g/mol. The van der Waals surface area contributed by atoms with Gasteiger partial charge in [-0.3, -0.25) is 0 Å². The molecule has 0 aliphatic carbocycles. The van der Waals surface area contributed by atoms with Crippen LogP contribution >= 0.6 is 0 Å². The third-order valence-electron chi connectivity index (χ3n) is 3.04. The number of ether oxygens (including phenoxy) is 2. The number of aliphatic hydroxyl groups is 1. The molecule has 108 valence electrons. The summed E-state index contributed by atoms with van der Waals surface area (Å²) in [7, 11) is 1.68. The average Bonchev–Trinajstić information content (AvgIpc) is 2.39. The molecular weight excluding hydrogens is 242 g/mol. The summed E-state index contributed by atoms with van der Waals surface area (Å²) in [6.07, 6.45) is 0.626. The van der Waals surface area contributed by atoms with Crippen LogP contribution in [0.15, 0.2) is 24.3 Å². The Morgan fingerprint density at radius 3 is 2.68 bits per heavy atom. The quantitative estimate of drug-likeness (QED) is 0.671. The molecule has 0 heterocycles. The lowest BCUT2D eigenvalue weighted by molar-refractivity contribution is 0.0445. The Bertz CT molecular complexity index is 366. The van der Waals surface area contributed by atoms with E-state index in [0.29, 0.717) is 19.6 Å². The highest BCUT2D eigenvalue weighted by Gasteiger charge is 2.25. The van der Waals surface area contributed by atoms with Gasteiger partial charge in [-0.2, -0.15) is 0 Å². The SMILES string of the molecule is CCOc1ccccc1C(C)(O)CCNCCOC. The second kappa shape index (κ2) is 8.15. The standard InChI is InChI=1S/C15H25NO3/c1-4-19-14-8-6-5-7-13(14)15(2,17)9-10-16-11-12-18-3/h5-8,16-17H,4,9-12H2,1-3H3. The van der Waals surface area contributed by atoms with Crippen LogP contribution in [0.1, 0.15) is 25.8 Å². The van der Waals surface area contributed by atoms with Gasteiger partial charge in [0, 0.05) is 19.2 Å². The molecule has 0 bridgehead atoms. The maximum Gasteiger partial charge on any atom is 0.125 e. The fourth-order valence-corrected chi connectivity index (χ4v) is 1.96. The largest absolute Gasteiger partial charge is 0.493 e. The van der Waals surface area contributed by atoms with Gasteiger partial charge in [0.1, 0.15) is 5.75 Å². The van der Waals surface area contributed by atoms with E-state index in [9.17, 15) is 5.11 Å². The molecule has 1 rings (SSSR count). The summed E-state index contributed by atoms with van der Waals surface area (Å²) < 4.78 is 10.5. The second-order valence-corrected chi connectivity index (χ2v) is 4.70. The Labute approximate surface area is 115 Å². The van der Waals surface area contributed by atoms with Gasteiger partial charge in [0.15, 0.2) is 0 Å². The Morgan fingerprint density at radius 2 is 2.00 bits per heavy atom. The minimum absolute atomic E-state index is 0.596. The third kappa shape index (κ3) is 5.19. The van der Waals surface area contributed by atoms with Crippen LogP contribution < -0.4 is 10.1 Å². The molecule has 1 unspecified atom stereocenters. The van der Waals surface area contributed by atoms with E-state index in [1.54, 1.807) is 7.11 Å². The first-order valence-corrected chi connectivity index (χ1v) is 6.76. The highest BCUT2D eigenvalue weighted by Crippen LogP contribution is 2.32. The predicted octanol–water partition coefficient (Wildman–Crippen LogP) is 1.92. The molecule has 0 aromatic heterocycles. The zero-order chi connectivity index (χ0) is 14.1. The molecule has 1 atom stereocenters. The molecule has 0 aliphatic rings. The van der Waals surface area contributed by atoms with Crippen molar-refractivity contribution in [1.82, 2.24) is 5.32 Å². The van der Waals surface area contributed by atoms with E-state index in [1.165, 1.54) is 0 Å². The normalized spacial score (nSPS) is 14.1. The summed E-state index contributed by atoms with van der Waals surface area (Å²) >= 11 is 0. The monoisotopic (exact) mass is 267 g/mol. The second-order valence-electron chi connectivity index (χ2n) is 4.70. The number of methoxy groups -OCH3 is 1. The van der Waals surface area contributed by atoms with Crippen molar-refractivity contribution in [3.8, 4) is 5.75 Å². The van der Waals surface area contributed by atoms with Gasteiger partial charge in [-0.1, -0.05) is 18.2 Å². The first-order chi connectivity index (χ1) is 9.11. The number of hydrogen-bond acceptors (Lipinski definition) is 4. The number of rotatable bonds is 9. The smallest absolute Gasteiger partial charge is 0.125 e. The fourth-order valence-electron chi connectivity index (χ4n) is 1.96. The van der Waals surface area contributed by atoms with E-state index in [2.05, 4.69) is 5.32 Å². The molecule has 0 saturated heterocycles. The lowest BCUT2D eigenvalue weighted by Gasteiger charge is -2.26. The molecule has 1 aromatic carbocycles. The molecule has 0 amide bonds. The van der Waals surface area contributed by atoms with E-state index in [0.717, 1.165) is 24.4 Å². The van der Waals surface area contributed by atoms with Crippen molar-refractivity contribution < 1.29 is 14.6 Å². The summed E-state index contributed by atoms with van der Waals surface area (Å²) in [5, 5.41) is 13.8. The van der Waals surface area contributed by atoms with Gasteiger partial charge in [0.05, 0.1) is 18.8 Å². The minimum atomic E-state index is -0.897. The van der Waals surface area contributed by atoms with Crippen LogP contribution in [-0.4, -0.2) is 38.5 Å². The first-order valence-electron chi connectivity index (χ1n) is 6.76. The lowest BCUT2D eigenvalue weighted by Crippen LogP contribution is -2.29. The first kappa shape index (κ1) is 16.0. The minimum Gasteiger partial charge on any atom is -0.493 e. The molecule has 0 fully saturated rings. The molecule has 4 heteroatoms. The van der Waals surface area contributed by atoms with Crippen molar-refractivity contribution in [3.05, 3.63) is 29.8 Å². The van der Waals surface area contributed by atoms with Gasteiger partial charge in [-0.25, -0.2) is 0 Å². The van der Waals surface area contributed by atoms with E-state index in [-0.39, 0.29) is 0 Å². The lowest BCUT2D eigenvalue weighted by atomic mass is 9.91. The number of para-hydroxylation sites is 1. The molecular formula is C15H25NO3. The van der Waals surface area contributed by atoms with Crippen LogP contribution in [0.2, 0.25) is 0 Å². The molecule has 0 radical (unpaired) electrons. The van der Waals surface area contributed by atoms with Gasteiger partial charge < -0.3 is 19.9 Å². The van der Waals surface area contributed by atoms with Gasteiger partial charge in [-0.15, -0.1) is 0 Å². The van der Waals surface area contributed by atoms with Crippen molar-refractivity contribution >= 4 is 0 Å². The highest BCUT2D eigenvalue weighted by atomic mass is 16.5. The zero-order valence-corrected chi connectivity index (χ0v) is 12.1. The summed E-state index contributed by atoms with van der Waals surface area (Å²) in [6.45, 7) is 6.56. The van der Waals surface area contributed by atoms with E-state index in [1.807, 2.05) is 38.1 Å². The molecule has 4 nitrogen and oxygen atoms in total. The van der Waals surface area contributed by atoms with Crippen molar-refractivity contribution in [2.45, 2.75) is 25.9 Å². The van der Waals surface area contributed by atoms with Crippen molar-refractivity contribution in [2.75, 3.05) is 33.4 Å². The van der Waals surface area contributed by atoms with Crippen molar-refractivity contribution in [1.29, 1.82) is 0 Å². The third-order valence-corrected chi connectivity index (χ3v) is 3.04. The zero-order valence-electron chi connectivity index (χ0n) is 12.1. The van der Waals surface area contributed by atoms with Gasteiger partial charge in [0.25, 0.3) is 0 Å². The predicted molar refractivity (Wildman–Crippen MR) is 76.5 cm³/mol. The van der Waals surface area contributed by atoms with Crippen LogP contribution in [0.25, 0.3) is 0 Å². The van der Waals surface area contributed by atoms with E-state index < -0.39 is 5.60 Å². The molecule has 0 spiro atoms. The van der Waals surface area contributed by atoms with Crippen molar-refractivity contribution in [3.63, 3.8) is 0 Å². The molecule has 0 saturated carbocycles. The maximum absolute atomic E-state index is 10.6. The number of hydrogen-bond donors (Lipinski definition) is 2. The maximum atomic E-state index is 10.6. The van der Waals surface area contributed by atoms with Crippen LogP contribution in [0.3, 0.4) is 0 Å².